The van der Waals surface area contributed by atoms with Crippen LogP contribution in [0.25, 0.3) is 36.5 Å². The molecule has 0 saturated carbocycles. The Morgan fingerprint density at radius 3 is 0.537 bits per heavy atom. The van der Waals surface area contributed by atoms with Gasteiger partial charge in [0.15, 0.2) is 0 Å². The smallest absolute Gasteiger partial charge is 0.0559 e. The second kappa shape index (κ2) is 54.8. The topological polar surface area (TPSA) is 9.72 Å². The summed E-state index contributed by atoms with van der Waals surface area (Å²) >= 11 is 12.1. The van der Waals surface area contributed by atoms with Crippen LogP contribution in [0.2, 0.25) is 0 Å². The van der Waals surface area contributed by atoms with Crippen LogP contribution in [-0.4, -0.2) is 39.3 Å². The van der Waals surface area contributed by atoms with E-state index in [4.69, 9.17) is 0 Å². The van der Waals surface area contributed by atoms with Crippen molar-refractivity contribution in [1.82, 2.24) is 0 Å². The maximum atomic E-state index is 4.02. The molecule has 0 N–H and O–H groups in total. The molecular formula is C102H132Br3N3. The van der Waals surface area contributed by atoms with E-state index in [2.05, 4.69) is 322 Å². The Morgan fingerprint density at radius 2 is 0.361 bits per heavy atom. The third-order valence-corrected chi connectivity index (χ3v) is 23.3. The number of benzene rings is 7. The highest BCUT2D eigenvalue weighted by Gasteiger charge is 2.19. The fourth-order valence-electron chi connectivity index (χ4n) is 14.0. The zero-order chi connectivity index (χ0) is 76.3. The minimum Gasteiger partial charge on any atom is -0.372 e. The first-order valence-corrected chi connectivity index (χ1v) is 45.2. The number of unbranched alkanes of at least 4 members (excludes halogenated alkanes) is 30. The molecule has 0 aliphatic carbocycles. The monoisotopic (exact) mass is 1640 g/mol. The van der Waals surface area contributed by atoms with Gasteiger partial charge in [0.05, 0.1) is 30.1 Å². The zero-order valence-electron chi connectivity index (χ0n) is 67.5. The van der Waals surface area contributed by atoms with E-state index in [1.807, 2.05) is 0 Å². The Kier molecular flexibility index (Phi) is 44.9. The number of hydrogen-bond acceptors (Lipinski definition) is 3. The molecular weight excluding hydrogens is 1510 g/mol. The van der Waals surface area contributed by atoms with Gasteiger partial charge in [0.25, 0.3) is 0 Å². The normalized spacial score (nSPS) is 11.3. The predicted molar refractivity (Wildman–Crippen MR) is 490 cm³/mol. The van der Waals surface area contributed by atoms with Crippen molar-refractivity contribution in [2.45, 2.75) is 273 Å². The Morgan fingerprint density at radius 1 is 0.204 bits per heavy atom. The van der Waals surface area contributed by atoms with Gasteiger partial charge in [0.1, 0.15) is 0 Å². The molecule has 0 spiro atoms. The van der Waals surface area contributed by atoms with Crippen LogP contribution in [0.1, 0.15) is 339 Å². The molecule has 7 rings (SSSR count). The zero-order valence-corrected chi connectivity index (χ0v) is 72.3. The minimum atomic E-state index is 0.783. The third-order valence-electron chi connectivity index (χ3n) is 20.9. The van der Waals surface area contributed by atoms with E-state index in [0.717, 1.165) is 103 Å². The quantitative estimate of drug-likeness (QED) is 0.0214. The first-order chi connectivity index (χ1) is 53.1. The number of hydrogen-bond donors (Lipinski definition) is 0. The summed E-state index contributed by atoms with van der Waals surface area (Å²) in [7, 11) is 0. The van der Waals surface area contributed by atoms with E-state index >= 15 is 0 Å². The van der Waals surface area contributed by atoms with Crippen molar-refractivity contribution in [2.75, 3.05) is 54.0 Å². The van der Waals surface area contributed by atoms with Crippen LogP contribution in [-0.2, 0) is 0 Å². The Labute approximate surface area is 683 Å². The van der Waals surface area contributed by atoms with Crippen LogP contribution in [0.5, 0.6) is 0 Å². The van der Waals surface area contributed by atoms with Crippen LogP contribution in [0.3, 0.4) is 0 Å². The summed E-state index contributed by atoms with van der Waals surface area (Å²) in [6.07, 6.45) is 60.9. The van der Waals surface area contributed by atoms with Gasteiger partial charge in [-0.15, -0.1) is 0 Å². The Hall–Kier alpha value is -6.72. The van der Waals surface area contributed by atoms with Gasteiger partial charge in [0.2, 0.25) is 0 Å². The second-order valence-electron chi connectivity index (χ2n) is 30.0. The van der Waals surface area contributed by atoms with Gasteiger partial charge in [-0.05, 0) is 192 Å². The van der Waals surface area contributed by atoms with Crippen LogP contribution in [0.4, 0.5) is 17.1 Å². The molecule has 0 saturated heterocycles. The van der Waals surface area contributed by atoms with E-state index < -0.39 is 0 Å². The average Bonchev–Trinajstić information content (AvgIpc) is 0.782. The first kappa shape index (κ1) is 88.5. The second-order valence-corrected chi connectivity index (χ2v) is 32.4. The summed E-state index contributed by atoms with van der Waals surface area (Å²) in [5.74, 6) is 21.1. The predicted octanol–water partition coefficient (Wildman–Crippen LogP) is 31.3. The molecule has 0 fully saturated rings. The summed E-state index contributed by atoms with van der Waals surface area (Å²) in [4.78, 5) is 7.91. The van der Waals surface area contributed by atoms with Crippen molar-refractivity contribution in [2.24, 2.45) is 0 Å². The summed E-state index contributed by atoms with van der Waals surface area (Å²) in [5.41, 5.74) is 16.1. The van der Waals surface area contributed by atoms with E-state index in [0.29, 0.717) is 0 Å². The van der Waals surface area contributed by atoms with Crippen molar-refractivity contribution in [1.29, 1.82) is 0 Å². The fraction of sp³-hybridized carbons (Fsp3) is 0.471. The SMILES string of the molecule is CCCCCCCCN(CCCCCCCC)c1ccc(C=Cc2ccc(C#Cc3c(Br)c(C#Cc4ccc(C=Cc5ccc(N(CCCCCCCC)CCCCCCCC)cc5)cc4)c(Br)c(C#Cc4ccc(C=Cc5ccc(N(CCCCCCCC)CCCCCCCC)cc5)cc4)c3Br)cc2)cc1. The molecule has 0 aliphatic heterocycles. The number of anilines is 3. The lowest BCUT2D eigenvalue weighted by Crippen LogP contribution is -2.25. The summed E-state index contributed by atoms with van der Waals surface area (Å²) < 4.78 is 2.40. The van der Waals surface area contributed by atoms with Crippen molar-refractivity contribution in [3.63, 3.8) is 0 Å². The van der Waals surface area contributed by atoms with E-state index in [9.17, 15) is 0 Å². The van der Waals surface area contributed by atoms with Gasteiger partial charge in [-0.1, -0.05) is 379 Å². The average molecular weight is 1640 g/mol. The molecule has 7 aromatic carbocycles. The highest BCUT2D eigenvalue weighted by Crippen LogP contribution is 2.38. The van der Waals surface area contributed by atoms with Gasteiger partial charge in [0, 0.05) is 73.0 Å². The van der Waals surface area contributed by atoms with Gasteiger partial charge in [-0.3, -0.25) is 0 Å². The van der Waals surface area contributed by atoms with Crippen molar-refractivity contribution < 1.29 is 0 Å². The van der Waals surface area contributed by atoms with Crippen molar-refractivity contribution in [3.8, 4) is 35.5 Å². The number of rotatable bonds is 51. The molecule has 0 bridgehead atoms. The van der Waals surface area contributed by atoms with Crippen LogP contribution < -0.4 is 14.7 Å². The molecule has 0 atom stereocenters. The lowest BCUT2D eigenvalue weighted by Gasteiger charge is -2.25. The van der Waals surface area contributed by atoms with E-state index in [-0.39, 0.29) is 0 Å². The van der Waals surface area contributed by atoms with E-state index in [1.54, 1.807) is 0 Å². The van der Waals surface area contributed by atoms with Gasteiger partial charge < -0.3 is 14.7 Å². The van der Waals surface area contributed by atoms with Crippen molar-refractivity contribution >= 4 is 101 Å². The largest absolute Gasteiger partial charge is 0.372 e. The van der Waals surface area contributed by atoms with Gasteiger partial charge in [-0.25, -0.2) is 0 Å². The molecule has 108 heavy (non-hydrogen) atoms. The summed E-state index contributed by atoms with van der Waals surface area (Å²) in [6, 6.07) is 53.2. The highest BCUT2D eigenvalue weighted by atomic mass is 79.9. The summed E-state index contributed by atoms with van der Waals surface area (Å²) in [6.45, 7) is 20.6. The maximum Gasteiger partial charge on any atom is 0.0559 e. The Balaban J connectivity index is 1.09. The molecule has 0 amide bonds. The first-order valence-electron chi connectivity index (χ1n) is 42.8. The molecule has 0 aromatic heterocycles. The molecule has 0 unspecified atom stereocenters. The highest BCUT2D eigenvalue weighted by molar-refractivity contribution is 9.11. The molecule has 0 heterocycles. The number of nitrogens with zero attached hydrogens (tertiary/aromatic N) is 3. The molecule has 3 nitrogen and oxygen atoms in total. The molecule has 6 heteroatoms. The molecule has 0 radical (unpaired) electrons. The van der Waals surface area contributed by atoms with Crippen LogP contribution in [0, 0.1) is 35.5 Å². The molecule has 7 aromatic rings. The lowest BCUT2D eigenvalue weighted by molar-refractivity contribution is 0.575. The van der Waals surface area contributed by atoms with Gasteiger partial charge >= 0.3 is 0 Å². The molecule has 576 valence electrons. The third kappa shape index (κ3) is 34.3. The minimum absolute atomic E-state index is 0.783. The maximum absolute atomic E-state index is 4.02. The lowest BCUT2D eigenvalue weighted by atomic mass is 10.0. The van der Waals surface area contributed by atoms with Gasteiger partial charge in [-0.2, -0.15) is 0 Å². The van der Waals surface area contributed by atoms with E-state index in [1.165, 1.54) is 265 Å². The number of halogens is 3. The Bertz CT molecular complexity index is 3400. The van der Waals surface area contributed by atoms with Crippen LogP contribution in [0.15, 0.2) is 159 Å². The molecule has 0 aliphatic rings. The standard InChI is InChI=1S/C102H132Br3N3/c1-7-13-19-25-31-37-79-106(80-38-32-26-20-14-8-2)94-70-61-91(62-71-94)58-49-85-43-52-88(53-44-85)67-76-97-100(103)98(77-68-89-54-45-86(46-55-89)50-59-92-63-72-95(73-64-92)107(81-39-33-27-21-15-9-3)82-40-34-28-22-16-10-4)102(105)99(101(97)104)78-69-90-56-47-87(48-57-90)51-60-93-65-74-96(75-66-93)108(83-41-35-29-23-17-11-5)84-42-36-30-24-18-12-6/h43-66,70-75H,7-42,79-84H2,1-6H3. The van der Waals surface area contributed by atoms with Crippen LogP contribution >= 0.6 is 47.8 Å². The summed E-state index contributed by atoms with van der Waals surface area (Å²) in [5, 5.41) is 0. The fourth-order valence-corrected chi connectivity index (χ4v) is 16.6. The van der Waals surface area contributed by atoms with Crippen molar-refractivity contribution in [3.05, 3.63) is 226 Å².